The molecule has 2 aromatic carbocycles. The second-order valence-electron chi connectivity index (χ2n) is 7.10. The molecule has 0 aromatic heterocycles. The van der Waals surface area contributed by atoms with Crippen LogP contribution in [0.3, 0.4) is 0 Å². The van der Waals surface area contributed by atoms with E-state index in [1.807, 2.05) is 36.4 Å². The van der Waals surface area contributed by atoms with Crippen molar-refractivity contribution in [1.82, 2.24) is 10.7 Å². The Bertz CT molecular complexity index is 804. The van der Waals surface area contributed by atoms with Crippen molar-refractivity contribution in [3.63, 3.8) is 0 Å². The summed E-state index contributed by atoms with van der Waals surface area (Å²) in [5, 5.41) is 6.37. The summed E-state index contributed by atoms with van der Waals surface area (Å²) in [6, 6.07) is 15.1. The van der Waals surface area contributed by atoms with Crippen molar-refractivity contribution in [2.24, 2.45) is 5.10 Å². The van der Waals surface area contributed by atoms with Gasteiger partial charge in [-0.15, -0.1) is 0 Å². The lowest BCUT2D eigenvalue weighted by Gasteiger charge is -2.18. The summed E-state index contributed by atoms with van der Waals surface area (Å²) < 4.78 is 5.07. The molecule has 0 atom stereocenters. The average molecular weight is 367 g/mol. The molecule has 0 bridgehead atoms. The molecule has 0 aliphatic rings. The van der Waals surface area contributed by atoms with E-state index in [-0.39, 0.29) is 12.0 Å². The summed E-state index contributed by atoms with van der Waals surface area (Å²) in [4.78, 5) is 23.6. The van der Waals surface area contributed by atoms with Gasteiger partial charge < -0.3 is 10.1 Å². The Balaban J connectivity index is 1.81. The van der Waals surface area contributed by atoms with Crippen LogP contribution in [-0.4, -0.2) is 25.1 Å². The third-order valence-corrected chi connectivity index (χ3v) is 3.97. The van der Waals surface area contributed by atoms with E-state index in [0.717, 1.165) is 16.9 Å². The van der Waals surface area contributed by atoms with Gasteiger partial charge in [-0.2, -0.15) is 5.10 Å². The van der Waals surface area contributed by atoms with Crippen molar-refractivity contribution >= 4 is 18.0 Å². The molecule has 6 heteroatoms. The van der Waals surface area contributed by atoms with Crippen molar-refractivity contribution in [2.75, 3.05) is 7.11 Å². The Morgan fingerprint density at radius 2 is 1.63 bits per heavy atom. The molecule has 27 heavy (non-hydrogen) atoms. The van der Waals surface area contributed by atoms with Crippen LogP contribution in [-0.2, 0) is 21.5 Å². The van der Waals surface area contributed by atoms with E-state index in [9.17, 15) is 9.59 Å². The predicted octanol–water partition coefficient (Wildman–Crippen LogP) is 2.76. The highest BCUT2D eigenvalue weighted by molar-refractivity contribution is 6.35. The zero-order valence-corrected chi connectivity index (χ0v) is 16.1. The number of methoxy groups -OCH3 is 1. The Kier molecular flexibility index (Phi) is 6.71. The number of ether oxygens (including phenoxy) is 1. The van der Waals surface area contributed by atoms with Crippen LogP contribution in [0.15, 0.2) is 53.6 Å². The van der Waals surface area contributed by atoms with E-state index >= 15 is 0 Å². The molecule has 0 radical (unpaired) electrons. The van der Waals surface area contributed by atoms with Gasteiger partial charge in [-0.1, -0.05) is 57.2 Å². The van der Waals surface area contributed by atoms with Crippen LogP contribution in [0.5, 0.6) is 5.75 Å². The quantitative estimate of drug-likeness (QED) is 0.484. The molecule has 0 fully saturated rings. The van der Waals surface area contributed by atoms with Crippen LogP contribution in [0, 0.1) is 0 Å². The molecule has 0 unspecified atom stereocenters. The first-order valence-electron chi connectivity index (χ1n) is 8.64. The fraction of sp³-hybridized carbons (Fsp3) is 0.286. The smallest absolute Gasteiger partial charge is 0.329 e. The molecule has 2 N–H and O–H groups in total. The number of benzene rings is 2. The molecule has 0 saturated heterocycles. The standard InChI is InChI=1S/C21H25N3O3/c1-21(2,3)17-9-5-16(6-10-17)14-23-24-20(26)19(25)22-13-15-7-11-18(27-4)12-8-15/h5-12,14H,13H2,1-4H3,(H,22,25)(H,24,26)/b23-14-. The maximum atomic E-state index is 11.8. The number of carbonyl (C=O) groups is 2. The number of amides is 2. The summed E-state index contributed by atoms with van der Waals surface area (Å²) in [6.45, 7) is 6.66. The topological polar surface area (TPSA) is 79.8 Å². The lowest BCUT2D eigenvalue weighted by Crippen LogP contribution is -2.37. The maximum Gasteiger partial charge on any atom is 0.329 e. The largest absolute Gasteiger partial charge is 0.497 e. The number of hydrogen-bond donors (Lipinski definition) is 2. The molecule has 0 spiro atoms. The number of rotatable bonds is 5. The molecule has 142 valence electrons. The molecular formula is C21H25N3O3. The first-order chi connectivity index (χ1) is 12.8. The number of carbonyl (C=O) groups excluding carboxylic acids is 2. The molecular weight excluding hydrogens is 342 g/mol. The first-order valence-corrected chi connectivity index (χ1v) is 8.64. The number of nitrogens with zero attached hydrogens (tertiary/aromatic N) is 1. The minimum atomic E-state index is -0.814. The molecule has 6 nitrogen and oxygen atoms in total. The second-order valence-corrected chi connectivity index (χ2v) is 7.10. The van der Waals surface area contributed by atoms with Crippen LogP contribution in [0.1, 0.15) is 37.5 Å². The highest BCUT2D eigenvalue weighted by Crippen LogP contribution is 2.21. The monoisotopic (exact) mass is 367 g/mol. The van der Waals surface area contributed by atoms with Gasteiger partial charge in [0.2, 0.25) is 0 Å². The van der Waals surface area contributed by atoms with Crippen LogP contribution < -0.4 is 15.5 Å². The molecule has 0 aliphatic carbocycles. The molecule has 0 heterocycles. The van der Waals surface area contributed by atoms with Crippen molar-refractivity contribution in [1.29, 1.82) is 0 Å². The molecule has 2 aromatic rings. The Hall–Kier alpha value is -3.15. The van der Waals surface area contributed by atoms with E-state index in [0.29, 0.717) is 0 Å². The van der Waals surface area contributed by atoms with Crippen LogP contribution in [0.4, 0.5) is 0 Å². The summed E-state index contributed by atoms with van der Waals surface area (Å²) in [5.74, 6) is -0.829. The third kappa shape index (κ3) is 6.26. The van der Waals surface area contributed by atoms with Crippen molar-refractivity contribution in [3.05, 3.63) is 65.2 Å². The zero-order valence-electron chi connectivity index (χ0n) is 16.1. The van der Waals surface area contributed by atoms with Gasteiger partial charge in [0.1, 0.15) is 5.75 Å². The predicted molar refractivity (Wildman–Crippen MR) is 106 cm³/mol. The second kappa shape index (κ2) is 8.98. The van der Waals surface area contributed by atoms with Gasteiger partial charge >= 0.3 is 11.8 Å². The van der Waals surface area contributed by atoms with E-state index in [1.165, 1.54) is 11.8 Å². The first kappa shape index (κ1) is 20.2. The van der Waals surface area contributed by atoms with Crippen LogP contribution >= 0.6 is 0 Å². The summed E-state index contributed by atoms with van der Waals surface area (Å²) in [5.41, 5.74) is 5.21. The van der Waals surface area contributed by atoms with Gasteiger partial charge in [0.15, 0.2) is 0 Å². The average Bonchev–Trinajstić information content (AvgIpc) is 2.66. The van der Waals surface area contributed by atoms with Crippen molar-refractivity contribution in [3.8, 4) is 5.75 Å². The summed E-state index contributed by atoms with van der Waals surface area (Å²) >= 11 is 0. The SMILES string of the molecule is COc1ccc(CNC(=O)C(=O)N/N=C\c2ccc(C(C)(C)C)cc2)cc1. The zero-order chi connectivity index (χ0) is 19.9. The highest BCUT2D eigenvalue weighted by atomic mass is 16.5. The lowest BCUT2D eigenvalue weighted by molar-refractivity contribution is -0.139. The lowest BCUT2D eigenvalue weighted by atomic mass is 9.87. The normalized spacial score (nSPS) is 11.3. The van der Waals surface area contributed by atoms with Gasteiger partial charge in [-0.05, 0) is 34.2 Å². The fourth-order valence-corrected chi connectivity index (χ4v) is 2.29. The van der Waals surface area contributed by atoms with E-state index < -0.39 is 11.8 Å². The minimum absolute atomic E-state index is 0.0753. The van der Waals surface area contributed by atoms with Gasteiger partial charge in [0.25, 0.3) is 0 Å². The Morgan fingerprint density at radius 3 is 2.19 bits per heavy atom. The molecule has 2 rings (SSSR count). The minimum Gasteiger partial charge on any atom is -0.497 e. The molecule has 2 amide bonds. The van der Waals surface area contributed by atoms with Gasteiger partial charge in [0, 0.05) is 6.54 Å². The number of hydrogen-bond acceptors (Lipinski definition) is 4. The van der Waals surface area contributed by atoms with E-state index in [2.05, 4.69) is 36.6 Å². The summed E-state index contributed by atoms with van der Waals surface area (Å²) in [7, 11) is 1.58. The van der Waals surface area contributed by atoms with Gasteiger partial charge in [-0.3, -0.25) is 9.59 Å². The molecule has 0 saturated carbocycles. The Morgan fingerprint density at radius 1 is 1.00 bits per heavy atom. The van der Waals surface area contributed by atoms with Gasteiger partial charge in [0.05, 0.1) is 13.3 Å². The van der Waals surface area contributed by atoms with E-state index in [1.54, 1.807) is 19.2 Å². The fourth-order valence-electron chi connectivity index (χ4n) is 2.29. The van der Waals surface area contributed by atoms with Crippen LogP contribution in [0.25, 0.3) is 0 Å². The third-order valence-electron chi connectivity index (χ3n) is 3.97. The number of hydrazone groups is 1. The van der Waals surface area contributed by atoms with Crippen molar-refractivity contribution in [2.45, 2.75) is 32.7 Å². The molecule has 0 aliphatic heterocycles. The number of nitrogens with one attached hydrogen (secondary N) is 2. The maximum absolute atomic E-state index is 11.8. The summed E-state index contributed by atoms with van der Waals surface area (Å²) in [6.07, 6.45) is 1.50. The van der Waals surface area contributed by atoms with E-state index in [4.69, 9.17) is 4.74 Å². The van der Waals surface area contributed by atoms with Gasteiger partial charge in [-0.25, -0.2) is 5.43 Å². The Labute approximate surface area is 159 Å². The highest BCUT2D eigenvalue weighted by Gasteiger charge is 2.13. The van der Waals surface area contributed by atoms with Crippen molar-refractivity contribution < 1.29 is 14.3 Å². The van der Waals surface area contributed by atoms with Crippen LogP contribution in [0.2, 0.25) is 0 Å².